The first-order valence-corrected chi connectivity index (χ1v) is 9.51. The summed E-state index contributed by atoms with van der Waals surface area (Å²) in [6, 6.07) is -1.97. The van der Waals surface area contributed by atoms with Gasteiger partial charge in [-0.05, 0) is 6.07 Å². The number of hydrogen-bond donors (Lipinski definition) is 0. The summed E-state index contributed by atoms with van der Waals surface area (Å²) in [5, 5.41) is 0. The lowest BCUT2D eigenvalue weighted by Gasteiger charge is -2.40. The molecule has 1 heterocycles. The van der Waals surface area contributed by atoms with Gasteiger partial charge in [0.2, 0.25) is 0 Å². The number of alkyl halides is 26. The zero-order valence-corrected chi connectivity index (χ0v) is 18.9. The highest BCUT2D eigenvalue weighted by Crippen LogP contribution is 2.64. The lowest BCUT2D eigenvalue weighted by atomic mass is 9.88. The fraction of sp³-hybridized carbons (Fsp3) is 0.706. The van der Waals surface area contributed by atoms with Crippen LogP contribution in [0.1, 0.15) is 11.1 Å². The van der Waals surface area contributed by atoms with E-state index in [4.69, 9.17) is 0 Å². The molecule has 0 aliphatic rings. The van der Waals surface area contributed by atoms with Gasteiger partial charge in [-0.15, -0.1) is 0 Å². The average molecular weight is 714 g/mol. The highest BCUT2D eigenvalue weighted by atomic mass is 19.4. The van der Waals surface area contributed by atoms with E-state index in [-0.39, 0.29) is 6.20 Å². The van der Waals surface area contributed by atoms with Crippen LogP contribution in [0.2, 0.25) is 0 Å². The molecule has 1 aromatic heterocycles. The SMILES string of the molecule is FC(F)(F)C(F)(F)C(F)(F)C(F)(F)C(F)(F)C(F)(F)c1[c]ncc(C(F)(F)C(F)(F)C(F)(F)C(F)(F)C(F)(F)C(F)(F)F)c1. The molecule has 0 fully saturated rings. The third kappa shape index (κ3) is 4.83. The molecular formula is C17H2F26N. The van der Waals surface area contributed by atoms with Crippen molar-refractivity contribution < 1.29 is 114 Å². The predicted molar refractivity (Wildman–Crippen MR) is 82.5 cm³/mol. The van der Waals surface area contributed by atoms with Crippen molar-refractivity contribution in [3.63, 3.8) is 0 Å². The lowest BCUT2D eigenvalue weighted by Crippen LogP contribution is -2.69. The number of aromatic nitrogens is 1. The van der Waals surface area contributed by atoms with Crippen molar-refractivity contribution in [3.8, 4) is 0 Å². The first-order valence-electron chi connectivity index (χ1n) is 9.51. The monoisotopic (exact) mass is 714 g/mol. The fourth-order valence-corrected chi connectivity index (χ4v) is 2.62. The van der Waals surface area contributed by atoms with Gasteiger partial charge in [0, 0.05) is 11.8 Å². The van der Waals surface area contributed by atoms with E-state index in [1.54, 1.807) is 4.98 Å². The zero-order chi connectivity index (χ0) is 36.0. The molecule has 27 heteroatoms. The largest absolute Gasteiger partial charge is 0.460 e. The average Bonchev–Trinajstić information content (AvgIpc) is 2.81. The summed E-state index contributed by atoms with van der Waals surface area (Å²) >= 11 is 0. The molecule has 0 aliphatic heterocycles. The fourth-order valence-electron chi connectivity index (χ4n) is 2.62. The molecular weight excluding hydrogens is 712 g/mol. The standard InChI is InChI=1S/C17H2F26N/c18-6(19,8(22,23)10(26,27)12(30,31)14(34,35)16(38,39)40)4-1-5(3-44-2-4)7(20,21)9(24,25)11(28,29)13(32,33)15(36,37)17(41,42)43/h1-2H. The minimum Gasteiger partial charge on any atom is -0.254 e. The molecule has 0 amide bonds. The van der Waals surface area contributed by atoms with Crippen molar-refractivity contribution in [2.75, 3.05) is 0 Å². The molecule has 0 N–H and O–H groups in total. The van der Waals surface area contributed by atoms with Crippen molar-refractivity contribution in [1.29, 1.82) is 0 Å². The van der Waals surface area contributed by atoms with Gasteiger partial charge in [0.15, 0.2) is 0 Å². The van der Waals surface area contributed by atoms with Gasteiger partial charge in [-0.3, -0.25) is 4.98 Å². The van der Waals surface area contributed by atoms with Crippen LogP contribution >= 0.6 is 0 Å². The minimum atomic E-state index is -8.64. The molecule has 0 bridgehead atoms. The Bertz CT molecular complexity index is 1110. The van der Waals surface area contributed by atoms with E-state index >= 15 is 0 Å². The summed E-state index contributed by atoms with van der Waals surface area (Å²) in [5.41, 5.74) is -7.47. The van der Waals surface area contributed by atoms with Crippen LogP contribution in [0.25, 0.3) is 0 Å². The highest BCUT2D eigenvalue weighted by Gasteiger charge is 2.92. The molecule has 44 heavy (non-hydrogen) atoms. The Kier molecular flexibility index (Phi) is 8.87. The second kappa shape index (κ2) is 9.91. The number of rotatable bonds is 10. The summed E-state index contributed by atoms with van der Waals surface area (Å²) < 4.78 is 344. The van der Waals surface area contributed by atoms with E-state index in [2.05, 4.69) is 0 Å². The molecule has 0 atom stereocenters. The molecule has 0 unspecified atom stereocenters. The van der Waals surface area contributed by atoms with E-state index in [0.717, 1.165) is 0 Å². The van der Waals surface area contributed by atoms with E-state index in [9.17, 15) is 114 Å². The Labute approximate surface area is 221 Å². The van der Waals surface area contributed by atoms with Crippen LogP contribution in [0.3, 0.4) is 0 Å². The van der Waals surface area contributed by atoms with Gasteiger partial charge in [0.05, 0.1) is 11.8 Å². The summed E-state index contributed by atoms with van der Waals surface area (Å²) in [5.74, 6) is -83.0. The summed E-state index contributed by atoms with van der Waals surface area (Å²) in [4.78, 5) is 1.74. The van der Waals surface area contributed by atoms with Crippen molar-refractivity contribution in [2.45, 2.75) is 71.6 Å². The molecule has 0 aromatic carbocycles. The quantitative estimate of drug-likeness (QED) is 0.221. The van der Waals surface area contributed by atoms with Crippen LogP contribution < -0.4 is 0 Å². The second-order valence-electron chi connectivity index (χ2n) is 8.12. The van der Waals surface area contributed by atoms with Crippen LogP contribution in [0, 0.1) is 6.20 Å². The molecule has 0 spiro atoms. The summed E-state index contributed by atoms with van der Waals surface area (Å²) in [6.07, 6.45) is -17.0. The first kappa shape index (κ1) is 39.4. The van der Waals surface area contributed by atoms with Gasteiger partial charge < -0.3 is 0 Å². The Morgan fingerprint density at radius 2 is 0.636 bits per heavy atom. The molecule has 0 aliphatic carbocycles. The first-order chi connectivity index (χ1) is 18.7. The molecule has 1 rings (SSSR count). The highest BCUT2D eigenvalue weighted by molar-refractivity contribution is 5.31. The van der Waals surface area contributed by atoms with E-state index in [1.807, 2.05) is 0 Å². The lowest BCUT2D eigenvalue weighted by molar-refractivity contribution is -0.442. The van der Waals surface area contributed by atoms with Crippen molar-refractivity contribution in [2.24, 2.45) is 0 Å². The maximum absolute atomic E-state index is 14.2. The third-order valence-corrected chi connectivity index (χ3v) is 5.26. The topological polar surface area (TPSA) is 12.9 Å². The third-order valence-electron chi connectivity index (χ3n) is 5.26. The van der Waals surface area contributed by atoms with Gasteiger partial charge in [-0.2, -0.15) is 114 Å². The van der Waals surface area contributed by atoms with Crippen LogP contribution in [-0.2, 0) is 11.8 Å². The molecule has 1 radical (unpaired) electrons. The summed E-state index contributed by atoms with van der Waals surface area (Å²) in [7, 11) is 0. The Morgan fingerprint density at radius 1 is 0.364 bits per heavy atom. The minimum absolute atomic E-state index is 0.134. The molecule has 257 valence electrons. The summed E-state index contributed by atoms with van der Waals surface area (Å²) in [6.45, 7) is 0. The van der Waals surface area contributed by atoms with E-state index in [1.165, 1.54) is 0 Å². The Hall–Kier alpha value is -2.67. The van der Waals surface area contributed by atoms with Gasteiger partial charge in [0.1, 0.15) is 0 Å². The number of hydrogen-bond acceptors (Lipinski definition) is 1. The van der Waals surface area contributed by atoms with Crippen molar-refractivity contribution >= 4 is 0 Å². The Balaban J connectivity index is 3.88. The Morgan fingerprint density at radius 3 is 0.932 bits per heavy atom. The van der Waals surface area contributed by atoms with Gasteiger partial charge in [-0.1, -0.05) is 0 Å². The number of nitrogens with zero attached hydrogens (tertiary/aromatic N) is 1. The van der Waals surface area contributed by atoms with Crippen molar-refractivity contribution in [1.82, 2.24) is 4.98 Å². The molecule has 1 nitrogen and oxygen atoms in total. The normalized spacial score (nSPS) is 16.4. The number of pyridine rings is 1. The van der Waals surface area contributed by atoms with Crippen LogP contribution in [0.4, 0.5) is 114 Å². The maximum Gasteiger partial charge on any atom is 0.460 e. The van der Waals surface area contributed by atoms with Gasteiger partial charge in [0.25, 0.3) is 0 Å². The predicted octanol–water partition coefficient (Wildman–Crippen LogP) is 9.27. The van der Waals surface area contributed by atoms with Crippen molar-refractivity contribution in [3.05, 3.63) is 29.6 Å². The smallest absolute Gasteiger partial charge is 0.254 e. The molecule has 1 aromatic rings. The van der Waals surface area contributed by atoms with Gasteiger partial charge in [-0.25, -0.2) is 0 Å². The molecule has 0 saturated heterocycles. The number of halogens is 26. The van der Waals surface area contributed by atoms with Crippen LogP contribution in [0.15, 0.2) is 12.3 Å². The second-order valence-corrected chi connectivity index (χ2v) is 8.12. The van der Waals surface area contributed by atoms with Crippen LogP contribution in [-0.4, -0.2) is 64.7 Å². The van der Waals surface area contributed by atoms with Gasteiger partial charge >= 0.3 is 71.6 Å². The molecule has 0 saturated carbocycles. The van der Waals surface area contributed by atoms with E-state index < -0.39 is 95.0 Å². The zero-order valence-electron chi connectivity index (χ0n) is 18.9. The maximum atomic E-state index is 14.2. The van der Waals surface area contributed by atoms with E-state index in [0.29, 0.717) is 0 Å². The van der Waals surface area contributed by atoms with Crippen LogP contribution in [0.5, 0.6) is 0 Å².